The molecule has 0 bridgehead atoms. The average Bonchev–Trinajstić information content (AvgIpc) is 3.40. The van der Waals surface area contributed by atoms with Crippen molar-refractivity contribution in [2.24, 2.45) is 58.2 Å². The first kappa shape index (κ1) is 37.1. The van der Waals surface area contributed by atoms with Gasteiger partial charge in [0.05, 0.1) is 56.2 Å². The Balaban J connectivity index is 1.33. The highest BCUT2D eigenvalue weighted by atomic mass is 16.6. The van der Waals surface area contributed by atoms with E-state index in [1.165, 1.54) is 64.2 Å². The second kappa shape index (κ2) is 16.1. The average molecular weight is 645 g/mol. The number of aliphatic hydroxyl groups is 2. The van der Waals surface area contributed by atoms with Crippen molar-refractivity contribution in [3.63, 3.8) is 0 Å². The summed E-state index contributed by atoms with van der Waals surface area (Å²) >= 11 is 0. The molecule has 7 nitrogen and oxygen atoms in total. The molecule has 46 heavy (non-hydrogen) atoms. The first-order chi connectivity index (χ1) is 21.8. The maximum atomic E-state index is 12.1. The topological polar surface area (TPSA) is 102 Å². The zero-order valence-corrected chi connectivity index (χ0v) is 29.6. The molecule has 0 amide bonds. The summed E-state index contributed by atoms with van der Waals surface area (Å²) in [4.78, 5) is 24.2. The molecule has 4 rings (SSSR count). The van der Waals surface area contributed by atoms with Crippen LogP contribution >= 0.6 is 0 Å². The van der Waals surface area contributed by atoms with Gasteiger partial charge in [-0.05, 0) is 110 Å². The molecule has 3 unspecified atom stereocenters. The number of hydrogen-bond donors (Lipinski definition) is 2. The number of carbonyl (C=O) groups is 2. The molecule has 0 aromatic heterocycles. The van der Waals surface area contributed by atoms with Gasteiger partial charge in [0.25, 0.3) is 0 Å². The van der Waals surface area contributed by atoms with Crippen LogP contribution in [0.1, 0.15) is 112 Å². The molecule has 4 fully saturated rings. The van der Waals surface area contributed by atoms with Crippen LogP contribution in [0, 0.1) is 58.2 Å². The highest BCUT2D eigenvalue weighted by Gasteiger charge is 2.60. The van der Waals surface area contributed by atoms with Gasteiger partial charge in [-0.3, -0.25) is 0 Å². The number of fused-ring (bicyclic) bond motifs is 5. The van der Waals surface area contributed by atoms with Crippen LogP contribution in [0.5, 0.6) is 0 Å². The number of hydrogen-bond acceptors (Lipinski definition) is 7. The van der Waals surface area contributed by atoms with Crippen molar-refractivity contribution in [1.82, 2.24) is 0 Å². The van der Waals surface area contributed by atoms with Gasteiger partial charge in [-0.15, -0.1) is 0 Å². The van der Waals surface area contributed by atoms with Crippen LogP contribution in [0.2, 0.25) is 0 Å². The van der Waals surface area contributed by atoms with E-state index in [1.54, 1.807) is 0 Å². The van der Waals surface area contributed by atoms with Gasteiger partial charge in [-0.1, -0.05) is 67.0 Å². The molecule has 4 saturated carbocycles. The fraction of sp³-hybridized carbons (Fsp3) is 0.846. The van der Waals surface area contributed by atoms with E-state index < -0.39 is 25.2 Å². The minimum atomic E-state index is -0.679. The minimum Gasteiger partial charge on any atom is -0.462 e. The predicted octanol–water partition coefficient (Wildman–Crippen LogP) is 7.29. The molecular weight excluding hydrogens is 580 g/mol. The van der Waals surface area contributed by atoms with Crippen LogP contribution in [0.15, 0.2) is 24.3 Å². The van der Waals surface area contributed by atoms with Crippen LogP contribution in [0.25, 0.3) is 0 Å². The van der Waals surface area contributed by atoms with Crippen molar-refractivity contribution in [2.75, 3.05) is 33.0 Å². The van der Waals surface area contributed by atoms with Crippen LogP contribution in [-0.4, -0.2) is 61.3 Å². The Morgan fingerprint density at radius 3 is 2.00 bits per heavy atom. The summed E-state index contributed by atoms with van der Waals surface area (Å²) in [5.41, 5.74) is 0.821. The van der Waals surface area contributed by atoms with Crippen LogP contribution in [0.3, 0.4) is 0 Å². The van der Waals surface area contributed by atoms with Crippen LogP contribution in [0.4, 0.5) is 0 Å². The zero-order chi connectivity index (χ0) is 33.6. The second-order valence-electron chi connectivity index (χ2n) is 16.5. The fourth-order valence-electron chi connectivity index (χ4n) is 10.5. The number of rotatable bonds is 16. The fourth-order valence-corrected chi connectivity index (χ4v) is 10.5. The van der Waals surface area contributed by atoms with Gasteiger partial charge in [0.1, 0.15) is 0 Å². The third-order valence-corrected chi connectivity index (χ3v) is 13.2. The van der Waals surface area contributed by atoms with Crippen molar-refractivity contribution in [3.05, 3.63) is 24.3 Å². The molecule has 0 aromatic carbocycles. The quantitative estimate of drug-likeness (QED) is 0.134. The predicted molar refractivity (Wildman–Crippen MR) is 181 cm³/mol. The van der Waals surface area contributed by atoms with E-state index in [1.807, 2.05) is 0 Å². The highest BCUT2D eigenvalue weighted by Crippen LogP contribution is 2.68. The second-order valence-corrected chi connectivity index (χ2v) is 16.5. The summed E-state index contributed by atoms with van der Waals surface area (Å²) < 4.78 is 17.1. The third-order valence-electron chi connectivity index (χ3n) is 13.2. The van der Waals surface area contributed by atoms with Gasteiger partial charge in [-0.25, -0.2) is 9.59 Å². The largest absolute Gasteiger partial charge is 0.462 e. The maximum Gasteiger partial charge on any atom is 0.335 e. The molecule has 2 N–H and O–H groups in total. The summed E-state index contributed by atoms with van der Waals surface area (Å²) in [6, 6.07) is 0. The molecule has 0 spiro atoms. The van der Waals surface area contributed by atoms with Gasteiger partial charge < -0.3 is 24.4 Å². The molecule has 0 heterocycles. The lowest BCUT2D eigenvalue weighted by Gasteiger charge is -2.61. The monoisotopic (exact) mass is 644 g/mol. The Bertz CT molecular complexity index is 1040. The summed E-state index contributed by atoms with van der Waals surface area (Å²) in [6.45, 7) is 18.9. The molecule has 262 valence electrons. The zero-order valence-electron chi connectivity index (χ0n) is 29.6. The Morgan fingerprint density at radius 2 is 1.39 bits per heavy atom. The van der Waals surface area contributed by atoms with E-state index in [4.69, 9.17) is 14.2 Å². The minimum absolute atomic E-state index is 0.0220. The van der Waals surface area contributed by atoms with Crippen molar-refractivity contribution >= 4 is 11.9 Å². The molecule has 0 radical (unpaired) electrons. The van der Waals surface area contributed by atoms with E-state index >= 15 is 0 Å². The standard InChI is InChI=1S/C39H64O7/c1-25(2)9-8-10-26(3)33-13-14-34-32-12-11-30-19-31(15-17-38(30,6)35(32)16-18-39(33,34)7)44-22-29(23-45-36(42)27(4)20-40)24-46-37(43)28(5)21-41/h25-26,29-35,40-41H,4-5,8-24H2,1-3,6-7H3/t26-,30?,31+,32+,33-,34?,35?,38+,39-/m1/s1. The Morgan fingerprint density at radius 1 is 0.783 bits per heavy atom. The normalized spacial score (nSPS) is 34.4. The van der Waals surface area contributed by atoms with E-state index in [0.29, 0.717) is 16.7 Å². The molecule has 7 heteroatoms. The lowest BCUT2D eigenvalue weighted by Crippen LogP contribution is -2.54. The SMILES string of the molecule is C=C(CO)C(=O)OCC(COC(=O)C(=C)CO)CO[C@H]1CC[C@@]2(C)C(CC[C@@H]3C2CC[C@@]2(C)C3CC[C@@H]2[C@H](C)CCCC(C)C)C1. The van der Waals surface area contributed by atoms with Gasteiger partial charge in [0, 0.05) is 0 Å². The summed E-state index contributed by atoms with van der Waals surface area (Å²) in [5.74, 6) is 3.99. The van der Waals surface area contributed by atoms with Crippen molar-refractivity contribution in [1.29, 1.82) is 0 Å². The third kappa shape index (κ3) is 8.29. The van der Waals surface area contributed by atoms with Crippen molar-refractivity contribution in [3.8, 4) is 0 Å². The summed E-state index contributed by atoms with van der Waals surface area (Å²) in [6.07, 6.45) is 15.8. The van der Waals surface area contributed by atoms with Gasteiger partial charge >= 0.3 is 11.9 Å². The van der Waals surface area contributed by atoms with Crippen LogP contribution in [-0.2, 0) is 23.8 Å². The molecule has 4 aliphatic rings. The van der Waals surface area contributed by atoms with E-state index in [9.17, 15) is 19.8 Å². The van der Waals surface area contributed by atoms with Crippen molar-refractivity contribution < 1.29 is 34.0 Å². The lowest BCUT2D eigenvalue weighted by molar-refractivity contribution is -0.151. The summed E-state index contributed by atoms with van der Waals surface area (Å²) in [5, 5.41) is 18.4. The van der Waals surface area contributed by atoms with Crippen LogP contribution < -0.4 is 0 Å². The highest BCUT2D eigenvalue weighted by molar-refractivity contribution is 5.88. The number of ether oxygens (including phenoxy) is 3. The Labute approximate surface area is 278 Å². The summed E-state index contributed by atoms with van der Waals surface area (Å²) in [7, 11) is 0. The van der Waals surface area contributed by atoms with Gasteiger partial charge in [0.2, 0.25) is 0 Å². The van der Waals surface area contributed by atoms with Gasteiger partial charge in [-0.2, -0.15) is 0 Å². The smallest absolute Gasteiger partial charge is 0.335 e. The number of carbonyl (C=O) groups excluding carboxylic acids is 2. The molecule has 0 saturated heterocycles. The number of esters is 2. The molecular formula is C39H64O7. The first-order valence-electron chi connectivity index (χ1n) is 18.4. The number of aliphatic hydroxyl groups excluding tert-OH is 2. The molecule has 0 aromatic rings. The Hall–Kier alpha value is -1.70. The molecule has 4 aliphatic carbocycles. The van der Waals surface area contributed by atoms with Crippen molar-refractivity contribution in [2.45, 2.75) is 118 Å². The molecule has 9 atom stereocenters. The van der Waals surface area contributed by atoms with E-state index in [-0.39, 0.29) is 43.0 Å². The lowest BCUT2D eigenvalue weighted by atomic mass is 9.44. The van der Waals surface area contributed by atoms with Gasteiger partial charge in [0.15, 0.2) is 0 Å². The van der Waals surface area contributed by atoms with E-state index in [0.717, 1.165) is 48.3 Å². The van der Waals surface area contributed by atoms with E-state index in [2.05, 4.69) is 47.8 Å². The first-order valence-corrected chi connectivity index (χ1v) is 18.4. The maximum absolute atomic E-state index is 12.1. The molecule has 0 aliphatic heterocycles. The Kier molecular flexibility index (Phi) is 13.0.